The number of halogens is 8. The fourth-order valence-corrected chi connectivity index (χ4v) is 6.60. The van der Waals surface area contributed by atoms with E-state index in [9.17, 15) is 35.1 Å². The van der Waals surface area contributed by atoms with Gasteiger partial charge in [-0.2, -0.15) is 17.6 Å². The average Bonchev–Trinajstić information content (AvgIpc) is 2.84. The summed E-state index contributed by atoms with van der Waals surface area (Å²) >= 11 is 0. The zero-order valence-corrected chi connectivity index (χ0v) is 23.3. The van der Waals surface area contributed by atoms with Crippen LogP contribution in [0, 0.1) is 0 Å². The van der Waals surface area contributed by atoms with Gasteiger partial charge in [0, 0.05) is 65.4 Å². The Bertz CT molecular complexity index is 605. The highest BCUT2D eigenvalue weighted by molar-refractivity contribution is 8.77. The lowest BCUT2D eigenvalue weighted by molar-refractivity contribution is -0.165. The van der Waals surface area contributed by atoms with Crippen LogP contribution in [0.5, 0.6) is 0 Å². The van der Waals surface area contributed by atoms with E-state index in [2.05, 4.69) is 19.6 Å². The summed E-state index contributed by atoms with van der Waals surface area (Å²) in [5.74, 6) is -8.52. The number of likely N-dealkylation sites (N-methyl/N-ethyl adjacent to an activating group) is 2. The van der Waals surface area contributed by atoms with Crippen molar-refractivity contribution in [3.05, 3.63) is 0 Å². The number of nitrogens with zero attached hydrogens (tertiary/aromatic N) is 4. The highest BCUT2D eigenvalue weighted by Crippen LogP contribution is 2.34. The number of ether oxygens (including phenoxy) is 2. The van der Waals surface area contributed by atoms with Gasteiger partial charge < -0.3 is 19.3 Å². The fraction of sp³-hybridized carbons (Fsp3) is 1.00. The van der Waals surface area contributed by atoms with E-state index in [0.717, 1.165) is 52.4 Å². The maximum Gasteiger partial charge on any atom is 0.330 e. The molecule has 0 aromatic carbocycles. The highest BCUT2D eigenvalue weighted by Gasteiger charge is 2.42. The van der Waals surface area contributed by atoms with Gasteiger partial charge in [0.1, 0.15) is 13.2 Å². The van der Waals surface area contributed by atoms with Crippen molar-refractivity contribution < 1.29 is 44.6 Å². The number of hydrogen-bond donors (Lipinski definition) is 0. The maximum absolute atomic E-state index is 13.3. The summed E-state index contributed by atoms with van der Waals surface area (Å²) < 4.78 is 113. The molecule has 2 heterocycles. The van der Waals surface area contributed by atoms with Gasteiger partial charge in [-0.05, 0) is 14.1 Å². The molecule has 0 bridgehead atoms. The lowest BCUT2D eigenvalue weighted by atomic mass is 10.3. The molecule has 0 aliphatic carbocycles. The van der Waals surface area contributed by atoms with E-state index in [1.807, 2.05) is 14.1 Å². The molecule has 2 aliphatic heterocycles. The first-order valence-corrected chi connectivity index (χ1v) is 14.7. The molecule has 0 radical (unpaired) electrons. The van der Waals surface area contributed by atoms with E-state index in [0.29, 0.717) is 13.1 Å². The second kappa shape index (κ2) is 16.4. The second-order valence-electron chi connectivity index (χ2n) is 9.80. The van der Waals surface area contributed by atoms with Crippen LogP contribution < -0.4 is 0 Å². The van der Waals surface area contributed by atoms with Gasteiger partial charge in [0.15, 0.2) is 0 Å². The summed E-state index contributed by atoms with van der Waals surface area (Å²) in [5, 5.41) is -0.760. The SMILES string of the molecule is CN1CCN(CC(COCC(F)(F)C(F)F)SSC(COCC(F)(F)C(F)F)CN2CCN(C)CC2)CC1. The largest absolute Gasteiger partial charge is 0.374 e. The lowest BCUT2D eigenvalue weighted by Gasteiger charge is -2.36. The van der Waals surface area contributed by atoms with Gasteiger partial charge >= 0.3 is 24.7 Å². The van der Waals surface area contributed by atoms with Crippen LogP contribution >= 0.6 is 21.6 Å². The summed E-state index contributed by atoms with van der Waals surface area (Å²) in [4.78, 5) is 8.54. The van der Waals surface area contributed by atoms with Gasteiger partial charge in [-0.3, -0.25) is 9.80 Å². The molecule has 2 fully saturated rings. The predicted octanol–water partition coefficient (Wildman–Crippen LogP) is 3.43. The van der Waals surface area contributed by atoms with Crippen LogP contribution in [0.3, 0.4) is 0 Å². The quantitative estimate of drug-likeness (QED) is 0.184. The van der Waals surface area contributed by atoms with Crippen LogP contribution in [0.2, 0.25) is 0 Å². The first kappa shape index (κ1) is 34.1. The molecule has 2 saturated heterocycles. The van der Waals surface area contributed by atoms with Crippen LogP contribution in [0.25, 0.3) is 0 Å². The molecule has 2 rings (SSSR count). The Labute approximate surface area is 227 Å². The van der Waals surface area contributed by atoms with Crippen LogP contribution in [0.1, 0.15) is 0 Å². The Morgan fingerprint density at radius 3 is 1.21 bits per heavy atom. The zero-order chi connectivity index (χ0) is 28.3. The molecule has 0 aromatic rings. The Balaban J connectivity index is 1.98. The predicted molar refractivity (Wildman–Crippen MR) is 134 cm³/mol. The summed E-state index contributed by atoms with van der Waals surface area (Å²) in [7, 11) is 6.54. The van der Waals surface area contributed by atoms with Gasteiger partial charge in [0.25, 0.3) is 0 Å². The molecule has 0 aromatic heterocycles. The molecule has 16 heteroatoms. The van der Waals surface area contributed by atoms with Crippen LogP contribution in [-0.4, -0.2) is 161 Å². The molecule has 2 unspecified atom stereocenters. The third-order valence-corrected chi connectivity index (χ3v) is 9.47. The molecule has 2 atom stereocenters. The van der Waals surface area contributed by atoms with Crippen molar-refractivity contribution in [1.82, 2.24) is 19.6 Å². The van der Waals surface area contributed by atoms with Crippen molar-refractivity contribution in [3.63, 3.8) is 0 Å². The summed E-state index contributed by atoms with van der Waals surface area (Å²) in [5.41, 5.74) is 0. The van der Waals surface area contributed by atoms with E-state index >= 15 is 0 Å². The smallest absolute Gasteiger partial charge is 0.330 e. The molecule has 2 aliphatic rings. The Hall–Kier alpha value is -0.100. The molecule has 0 amide bonds. The van der Waals surface area contributed by atoms with E-state index in [1.165, 1.54) is 21.6 Å². The van der Waals surface area contributed by atoms with Crippen molar-refractivity contribution in [1.29, 1.82) is 0 Å². The van der Waals surface area contributed by atoms with Crippen molar-refractivity contribution in [2.24, 2.45) is 0 Å². The molecular formula is C22H38F8N4O2S2. The molecular weight excluding hydrogens is 568 g/mol. The van der Waals surface area contributed by atoms with Crippen molar-refractivity contribution in [2.45, 2.75) is 35.2 Å². The Morgan fingerprint density at radius 2 is 0.921 bits per heavy atom. The number of rotatable bonds is 17. The van der Waals surface area contributed by atoms with Crippen molar-refractivity contribution in [2.75, 3.05) is 106 Å². The number of alkyl halides is 8. The first-order chi connectivity index (χ1) is 17.8. The number of piperazine rings is 2. The van der Waals surface area contributed by atoms with Gasteiger partial charge in [-0.15, -0.1) is 0 Å². The third kappa shape index (κ3) is 12.6. The van der Waals surface area contributed by atoms with Gasteiger partial charge in [-0.1, -0.05) is 21.6 Å². The first-order valence-electron chi connectivity index (χ1n) is 12.4. The topological polar surface area (TPSA) is 31.4 Å². The van der Waals surface area contributed by atoms with Gasteiger partial charge in [-0.25, -0.2) is 17.6 Å². The Kier molecular flexibility index (Phi) is 14.7. The third-order valence-electron chi connectivity index (χ3n) is 6.28. The average molecular weight is 607 g/mol. The van der Waals surface area contributed by atoms with Crippen LogP contribution in [0.15, 0.2) is 0 Å². The van der Waals surface area contributed by atoms with E-state index in [4.69, 9.17) is 9.47 Å². The zero-order valence-electron chi connectivity index (χ0n) is 21.7. The summed E-state index contributed by atoms with van der Waals surface area (Å²) in [6.07, 6.45) is -7.67. The van der Waals surface area contributed by atoms with Crippen LogP contribution in [0.4, 0.5) is 35.1 Å². The minimum absolute atomic E-state index is 0.210. The highest BCUT2D eigenvalue weighted by atomic mass is 33.1. The van der Waals surface area contributed by atoms with Gasteiger partial charge in [0.2, 0.25) is 0 Å². The van der Waals surface area contributed by atoms with Crippen molar-refractivity contribution >= 4 is 21.6 Å². The summed E-state index contributed by atoms with van der Waals surface area (Å²) in [6, 6.07) is 0. The molecule has 38 heavy (non-hydrogen) atoms. The summed E-state index contributed by atoms with van der Waals surface area (Å²) in [6.45, 7) is 3.87. The normalized spacial score (nSPS) is 21.5. The van der Waals surface area contributed by atoms with Gasteiger partial charge in [0.05, 0.1) is 23.7 Å². The second-order valence-corrected chi connectivity index (χ2v) is 12.7. The van der Waals surface area contributed by atoms with E-state index in [1.54, 1.807) is 0 Å². The molecule has 226 valence electrons. The molecule has 0 saturated carbocycles. The fourth-order valence-electron chi connectivity index (χ4n) is 3.79. The molecule has 0 N–H and O–H groups in total. The lowest BCUT2D eigenvalue weighted by Crippen LogP contribution is -2.47. The van der Waals surface area contributed by atoms with Crippen LogP contribution in [-0.2, 0) is 9.47 Å². The van der Waals surface area contributed by atoms with E-state index < -0.39 is 37.9 Å². The molecule has 0 spiro atoms. The maximum atomic E-state index is 13.3. The van der Waals surface area contributed by atoms with E-state index in [-0.39, 0.29) is 23.7 Å². The minimum atomic E-state index is -4.26. The minimum Gasteiger partial charge on any atom is -0.374 e. The molecule has 6 nitrogen and oxygen atoms in total. The Morgan fingerprint density at radius 1 is 0.605 bits per heavy atom. The monoisotopic (exact) mass is 606 g/mol. The standard InChI is InChI=1S/C22H38F8N4O2S2/c1-31-3-7-33(8-4-31)11-17(13-35-15-21(27,28)19(23)24)37-38-18(12-34-9-5-32(2)6-10-34)14-36-16-22(29,30)20(25)26/h17-20H,3-16H2,1-2H3. The number of hydrogen-bond acceptors (Lipinski definition) is 8. The van der Waals surface area contributed by atoms with Crippen molar-refractivity contribution in [3.8, 4) is 0 Å².